The average molecular weight is 219 g/mol. The Balaban J connectivity index is 1.97. The number of hydrogen-bond donors (Lipinski definition) is 1. The Morgan fingerprint density at radius 1 is 1.19 bits per heavy atom. The molecule has 2 heterocycles. The Bertz CT molecular complexity index is 500. The minimum Gasteiger partial charge on any atom is -0.504 e. The summed E-state index contributed by atoms with van der Waals surface area (Å²) in [6.45, 7) is 3.33. The van der Waals surface area contributed by atoms with Gasteiger partial charge in [0.15, 0.2) is 5.75 Å². The molecule has 0 bridgehead atoms. The molecule has 3 rings (SSSR count). The van der Waals surface area contributed by atoms with Crippen molar-refractivity contribution in [3.63, 3.8) is 0 Å². The molecule has 1 fully saturated rings. The Kier molecular flexibility index (Phi) is 2.22. The first-order chi connectivity index (χ1) is 7.84. The summed E-state index contributed by atoms with van der Waals surface area (Å²) in [6, 6.07) is 5.85. The second-order valence-corrected chi connectivity index (χ2v) is 3.90. The summed E-state index contributed by atoms with van der Waals surface area (Å²) in [4.78, 5) is 2.25. The number of aromatic hydroxyl groups is 1. The van der Waals surface area contributed by atoms with Crippen LogP contribution in [0.4, 0.5) is 5.69 Å². The van der Waals surface area contributed by atoms with Crippen LogP contribution in [0.5, 0.6) is 5.75 Å². The zero-order valence-electron chi connectivity index (χ0n) is 8.85. The SMILES string of the molecule is Oc1coc2cc(N3CCOCC3)ccc12. The number of furan rings is 1. The third-order valence-electron chi connectivity index (χ3n) is 2.91. The van der Waals surface area contributed by atoms with E-state index in [1.807, 2.05) is 18.2 Å². The topological polar surface area (TPSA) is 45.8 Å². The minimum atomic E-state index is 0.198. The van der Waals surface area contributed by atoms with Crippen molar-refractivity contribution >= 4 is 16.7 Å². The summed E-state index contributed by atoms with van der Waals surface area (Å²) in [7, 11) is 0. The number of nitrogens with zero attached hydrogens (tertiary/aromatic N) is 1. The Morgan fingerprint density at radius 3 is 2.81 bits per heavy atom. The lowest BCUT2D eigenvalue weighted by atomic mass is 10.2. The van der Waals surface area contributed by atoms with Gasteiger partial charge in [0, 0.05) is 24.8 Å². The molecular weight excluding hydrogens is 206 g/mol. The Labute approximate surface area is 93.0 Å². The lowest BCUT2D eigenvalue weighted by Crippen LogP contribution is -2.36. The van der Waals surface area contributed by atoms with Crippen LogP contribution < -0.4 is 4.90 Å². The van der Waals surface area contributed by atoms with Crippen LogP contribution in [0.15, 0.2) is 28.9 Å². The number of ether oxygens (including phenoxy) is 1. The highest BCUT2D eigenvalue weighted by atomic mass is 16.5. The van der Waals surface area contributed by atoms with E-state index in [0.717, 1.165) is 43.0 Å². The molecular formula is C12H13NO3. The molecule has 84 valence electrons. The van der Waals surface area contributed by atoms with E-state index in [-0.39, 0.29) is 5.75 Å². The second kappa shape index (κ2) is 3.72. The van der Waals surface area contributed by atoms with Gasteiger partial charge in [-0.25, -0.2) is 0 Å². The molecule has 16 heavy (non-hydrogen) atoms. The summed E-state index contributed by atoms with van der Waals surface area (Å²) < 4.78 is 10.6. The quantitative estimate of drug-likeness (QED) is 0.796. The van der Waals surface area contributed by atoms with Crippen LogP contribution in [-0.2, 0) is 4.74 Å². The van der Waals surface area contributed by atoms with E-state index in [2.05, 4.69) is 4.90 Å². The monoisotopic (exact) mass is 219 g/mol. The molecule has 1 aromatic heterocycles. The summed E-state index contributed by atoms with van der Waals surface area (Å²) in [5, 5.41) is 10.2. The summed E-state index contributed by atoms with van der Waals surface area (Å²) in [6.07, 6.45) is 1.37. The van der Waals surface area contributed by atoms with Crippen molar-refractivity contribution in [1.82, 2.24) is 0 Å². The summed E-state index contributed by atoms with van der Waals surface area (Å²) in [5.41, 5.74) is 1.84. The first kappa shape index (κ1) is 9.54. The van der Waals surface area contributed by atoms with E-state index in [4.69, 9.17) is 9.15 Å². The average Bonchev–Trinajstić information content (AvgIpc) is 2.72. The highest BCUT2D eigenvalue weighted by Crippen LogP contribution is 2.30. The Hall–Kier alpha value is -1.68. The van der Waals surface area contributed by atoms with Crippen LogP contribution >= 0.6 is 0 Å². The van der Waals surface area contributed by atoms with Crippen molar-refractivity contribution in [3.05, 3.63) is 24.5 Å². The van der Waals surface area contributed by atoms with Crippen LogP contribution in [0.1, 0.15) is 0 Å². The maximum absolute atomic E-state index is 9.49. The van der Waals surface area contributed by atoms with E-state index in [9.17, 15) is 5.11 Å². The van der Waals surface area contributed by atoms with Crippen molar-refractivity contribution < 1.29 is 14.3 Å². The van der Waals surface area contributed by atoms with Crippen LogP contribution in [0.3, 0.4) is 0 Å². The largest absolute Gasteiger partial charge is 0.504 e. The van der Waals surface area contributed by atoms with Crippen molar-refractivity contribution in [2.45, 2.75) is 0 Å². The molecule has 0 aliphatic carbocycles. The molecule has 0 atom stereocenters. The maximum Gasteiger partial charge on any atom is 0.161 e. The van der Waals surface area contributed by atoms with Crippen molar-refractivity contribution in [2.75, 3.05) is 31.2 Å². The number of fused-ring (bicyclic) bond motifs is 1. The van der Waals surface area contributed by atoms with Gasteiger partial charge >= 0.3 is 0 Å². The van der Waals surface area contributed by atoms with Crippen LogP contribution in [-0.4, -0.2) is 31.4 Å². The third kappa shape index (κ3) is 1.51. The molecule has 0 amide bonds. The normalized spacial score (nSPS) is 16.9. The van der Waals surface area contributed by atoms with Crippen molar-refractivity contribution in [2.24, 2.45) is 0 Å². The van der Waals surface area contributed by atoms with E-state index < -0.39 is 0 Å². The van der Waals surface area contributed by atoms with Gasteiger partial charge in [-0.3, -0.25) is 0 Å². The number of morpholine rings is 1. The van der Waals surface area contributed by atoms with Gasteiger partial charge in [0.2, 0.25) is 0 Å². The zero-order chi connectivity index (χ0) is 11.0. The molecule has 4 nitrogen and oxygen atoms in total. The zero-order valence-corrected chi connectivity index (χ0v) is 8.85. The van der Waals surface area contributed by atoms with Crippen LogP contribution in [0, 0.1) is 0 Å². The van der Waals surface area contributed by atoms with Crippen molar-refractivity contribution in [1.29, 1.82) is 0 Å². The molecule has 1 aliphatic heterocycles. The van der Waals surface area contributed by atoms with Crippen LogP contribution in [0.2, 0.25) is 0 Å². The number of hydrogen-bond acceptors (Lipinski definition) is 4. The lowest BCUT2D eigenvalue weighted by Gasteiger charge is -2.28. The molecule has 4 heteroatoms. The molecule has 1 N–H and O–H groups in total. The predicted molar refractivity (Wildman–Crippen MR) is 60.9 cm³/mol. The number of anilines is 1. The maximum atomic E-state index is 9.49. The number of rotatable bonds is 1. The second-order valence-electron chi connectivity index (χ2n) is 3.90. The highest BCUT2D eigenvalue weighted by Gasteiger charge is 2.13. The molecule has 0 spiro atoms. The smallest absolute Gasteiger partial charge is 0.161 e. The van der Waals surface area contributed by atoms with Crippen molar-refractivity contribution in [3.8, 4) is 5.75 Å². The van der Waals surface area contributed by atoms with Gasteiger partial charge < -0.3 is 19.2 Å². The standard InChI is InChI=1S/C12H13NO3/c14-11-8-16-12-7-9(1-2-10(11)12)13-3-5-15-6-4-13/h1-2,7-8,14H,3-6H2. The fourth-order valence-electron chi connectivity index (χ4n) is 2.02. The van der Waals surface area contributed by atoms with Crippen LogP contribution in [0.25, 0.3) is 11.0 Å². The fourth-order valence-corrected chi connectivity index (χ4v) is 2.02. The Morgan fingerprint density at radius 2 is 2.00 bits per heavy atom. The molecule has 0 saturated carbocycles. The summed E-state index contributed by atoms with van der Waals surface area (Å²) >= 11 is 0. The van der Waals surface area contributed by atoms with E-state index in [0.29, 0.717) is 0 Å². The molecule has 1 aromatic carbocycles. The molecule has 1 saturated heterocycles. The van der Waals surface area contributed by atoms with Gasteiger partial charge in [0.05, 0.1) is 18.6 Å². The highest BCUT2D eigenvalue weighted by molar-refractivity contribution is 5.86. The van der Waals surface area contributed by atoms with E-state index in [1.165, 1.54) is 6.26 Å². The van der Waals surface area contributed by atoms with Gasteiger partial charge in [0.25, 0.3) is 0 Å². The molecule has 0 unspecified atom stereocenters. The number of benzene rings is 1. The fraction of sp³-hybridized carbons (Fsp3) is 0.333. The molecule has 0 radical (unpaired) electrons. The van der Waals surface area contributed by atoms with Gasteiger partial charge in [-0.2, -0.15) is 0 Å². The molecule has 2 aromatic rings. The summed E-state index contributed by atoms with van der Waals surface area (Å²) in [5.74, 6) is 0.198. The predicted octanol–water partition coefficient (Wildman–Crippen LogP) is 1.97. The third-order valence-corrected chi connectivity index (χ3v) is 2.91. The van der Waals surface area contributed by atoms with E-state index in [1.54, 1.807) is 0 Å². The van der Waals surface area contributed by atoms with Gasteiger partial charge in [-0.15, -0.1) is 0 Å². The first-order valence-corrected chi connectivity index (χ1v) is 5.37. The van der Waals surface area contributed by atoms with Gasteiger partial charge in [0.1, 0.15) is 11.8 Å². The first-order valence-electron chi connectivity index (χ1n) is 5.37. The van der Waals surface area contributed by atoms with Gasteiger partial charge in [-0.1, -0.05) is 0 Å². The lowest BCUT2D eigenvalue weighted by molar-refractivity contribution is 0.122. The van der Waals surface area contributed by atoms with Gasteiger partial charge in [-0.05, 0) is 12.1 Å². The minimum absolute atomic E-state index is 0.198. The van der Waals surface area contributed by atoms with E-state index >= 15 is 0 Å². The molecule has 1 aliphatic rings.